The van der Waals surface area contributed by atoms with Gasteiger partial charge in [0.2, 0.25) is 0 Å². The first kappa shape index (κ1) is 11.0. The molecule has 1 N–H and O–H groups in total. The zero-order valence-corrected chi connectivity index (χ0v) is 9.26. The molecule has 0 aliphatic rings. The molecule has 0 spiro atoms. The van der Waals surface area contributed by atoms with Gasteiger partial charge in [-0.1, -0.05) is 60.1 Å². The van der Waals surface area contributed by atoms with E-state index in [-0.39, 0.29) is 7.48 Å². The molecule has 80 valence electrons. The Morgan fingerprint density at radius 2 is 1.50 bits per heavy atom. The SMILES string of the molecule is OBc1cccc(CCc2ccccc2)c1. The largest absolute Gasteiger partial charge is 0.449 e. The first-order valence-electron chi connectivity index (χ1n) is 5.61. The maximum absolute atomic E-state index is 9.05. The smallest absolute Gasteiger partial charge is 0.304 e. The van der Waals surface area contributed by atoms with Crippen LogP contribution in [0.3, 0.4) is 0 Å². The Bertz CT molecular complexity index is 439. The zero-order chi connectivity index (χ0) is 11.2. The molecule has 0 unspecified atom stereocenters. The summed E-state index contributed by atoms with van der Waals surface area (Å²) in [4.78, 5) is 0. The normalized spacial score (nSPS) is 10.1. The second-order valence-electron chi connectivity index (χ2n) is 3.96. The molecule has 0 atom stereocenters. The van der Waals surface area contributed by atoms with Crippen molar-refractivity contribution in [3.63, 3.8) is 0 Å². The van der Waals surface area contributed by atoms with Gasteiger partial charge in [0.25, 0.3) is 0 Å². The van der Waals surface area contributed by atoms with E-state index < -0.39 is 0 Å². The first-order chi connectivity index (χ1) is 7.88. The van der Waals surface area contributed by atoms with Gasteiger partial charge in [0, 0.05) is 0 Å². The fourth-order valence-electron chi connectivity index (χ4n) is 1.82. The maximum atomic E-state index is 9.05. The predicted molar refractivity (Wildman–Crippen MR) is 69.3 cm³/mol. The van der Waals surface area contributed by atoms with Crippen molar-refractivity contribution in [1.82, 2.24) is 0 Å². The van der Waals surface area contributed by atoms with E-state index in [0.717, 1.165) is 18.3 Å². The third-order valence-corrected chi connectivity index (χ3v) is 2.72. The minimum absolute atomic E-state index is 0.124. The molecule has 0 fully saturated rings. The second kappa shape index (κ2) is 5.52. The van der Waals surface area contributed by atoms with Crippen molar-refractivity contribution < 1.29 is 5.02 Å². The number of rotatable bonds is 4. The highest BCUT2D eigenvalue weighted by molar-refractivity contribution is 6.45. The van der Waals surface area contributed by atoms with E-state index in [1.54, 1.807) is 0 Å². The highest BCUT2D eigenvalue weighted by Crippen LogP contribution is 2.05. The minimum Gasteiger partial charge on any atom is -0.449 e. The summed E-state index contributed by atoms with van der Waals surface area (Å²) in [5.74, 6) is 0. The van der Waals surface area contributed by atoms with Gasteiger partial charge in [0.1, 0.15) is 0 Å². The van der Waals surface area contributed by atoms with Gasteiger partial charge < -0.3 is 5.02 Å². The van der Waals surface area contributed by atoms with Crippen LogP contribution in [0, 0.1) is 0 Å². The third kappa shape index (κ3) is 2.98. The molecule has 16 heavy (non-hydrogen) atoms. The zero-order valence-electron chi connectivity index (χ0n) is 9.26. The van der Waals surface area contributed by atoms with Gasteiger partial charge in [0.05, 0.1) is 0 Å². The van der Waals surface area contributed by atoms with Gasteiger partial charge in [-0.15, -0.1) is 0 Å². The van der Waals surface area contributed by atoms with Crippen molar-refractivity contribution in [3.05, 3.63) is 65.7 Å². The second-order valence-corrected chi connectivity index (χ2v) is 3.96. The summed E-state index contributed by atoms with van der Waals surface area (Å²) in [6, 6.07) is 18.6. The van der Waals surface area contributed by atoms with Crippen molar-refractivity contribution in [2.45, 2.75) is 12.8 Å². The van der Waals surface area contributed by atoms with Crippen LogP contribution in [0.1, 0.15) is 11.1 Å². The van der Waals surface area contributed by atoms with Gasteiger partial charge >= 0.3 is 7.48 Å². The van der Waals surface area contributed by atoms with Crippen molar-refractivity contribution >= 4 is 12.9 Å². The number of hydrogen-bond acceptors (Lipinski definition) is 1. The molecule has 1 nitrogen and oxygen atoms in total. The Kier molecular flexibility index (Phi) is 3.78. The Balaban J connectivity index is 1.99. The minimum atomic E-state index is 0.124. The molecule has 0 radical (unpaired) electrons. The van der Waals surface area contributed by atoms with Crippen molar-refractivity contribution in [3.8, 4) is 0 Å². The molecule has 0 aromatic heterocycles. The standard InChI is InChI=1S/C14H15BO/c16-15-14-8-4-7-13(11-14)10-9-12-5-2-1-3-6-12/h1-8,11,15-16H,9-10H2. The predicted octanol–water partition coefficient (Wildman–Crippen LogP) is 1.44. The van der Waals surface area contributed by atoms with Crippen molar-refractivity contribution in [1.29, 1.82) is 0 Å². The summed E-state index contributed by atoms with van der Waals surface area (Å²) < 4.78 is 0. The third-order valence-electron chi connectivity index (χ3n) is 2.72. The lowest BCUT2D eigenvalue weighted by Gasteiger charge is -2.03. The van der Waals surface area contributed by atoms with Crippen molar-refractivity contribution in [2.24, 2.45) is 0 Å². The molecule has 0 saturated heterocycles. The van der Waals surface area contributed by atoms with Crippen LogP contribution in [0.4, 0.5) is 0 Å². The monoisotopic (exact) mass is 210 g/mol. The molecule has 0 aliphatic heterocycles. The van der Waals surface area contributed by atoms with E-state index in [1.165, 1.54) is 11.1 Å². The van der Waals surface area contributed by atoms with E-state index >= 15 is 0 Å². The van der Waals surface area contributed by atoms with E-state index in [4.69, 9.17) is 5.02 Å². The quantitative estimate of drug-likeness (QED) is 0.757. The van der Waals surface area contributed by atoms with E-state index in [0.29, 0.717) is 0 Å². The lowest BCUT2D eigenvalue weighted by molar-refractivity contribution is 0.615. The molecule has 0 saturated carbocycles. The van der Waals surface area contributed by atoms with E-state index in [9.17, 15) is 0 Å². The number of aryl methyl sites for hydroxylation is 2. The van der Waals surface area contributed by atoms with Crippen LogP contribution in [-0.2, 0) is 12.8 Å². The molecular weight excluding hydrogens is 195 g/mol. The van der Waals surface area contributed by atoms with Crippen LogP contribution in [0.15, 0.2) is 54.6 Å². The average molecular weight is 210 g/mol. The molecule has 0 amide bonds. The topological polar surface area (TPSA) is 20.2 Å². The first-order valence-corrected chi connectivity index (χ1v) is 5.61. The van der Waals surface area contributed by atoms with Crippen molar-refractivity contribution in [2.75, 3.05) is 0 Å². The Morgan fingerprint density at radius 3 is 2.25 bits per heavy atom. The van der Waals surface area contributed by atoms with Crippen LogP contribution in [0.2, 0.25) is 0 Å². The molecular formula is C14H15BO. The van der Waals surface area contributed by atoms with E-state index in [2.05, 4.69) is 36.4 Å². The molecule has 0 bridgehead atoms. The van der Waals surface area contributed by atoms with Gasteiger partial charge in [-0.2, -0.15) is 0 Å². The molecule has 2 heteroatoms. The summed E-state index contributed by atoms with van der Waals surface area (Å²) in [6.45, 7) is 0. The Labute approximate surface area is 97.0 Å². The molecule has 2 aromatic rings. The van der Waals surface area contributed by atoms with Gasteiger partial charge in [-0.05, 0) is 24.0 Å². The van der Waals surface area contributed by atoms with Crippen LogP contribution in [0.5, 0.6) is 0 Å². The highest BCUT2D eigenvalue weighted by Gasteiger charge is 1.97. The van der Waals surface area contributed by atoms with Gasteiger partial charge in [-0.3, -0.25) is 0 Å². The van der Waals surface area contributed by atoms with Crippen LogP contribution in [-0.4, -0.2) is 12.5 Å². The average Bonchev–Trinajstić information content (AvgIpc) is 2.38. The number of hydrogen-bond donors (Lipinski definition) is 1. The van der Waals surface area contributed by atoms with Gasteiger partial charge in [0.15, 0.2) is 0 Å². The maximum Gasteiger partial charge on any atom is 0.304 e. The molecule has 2 rings (SSSR count). The Hall–Kier alpha value is -1.54. The van der Waals surface area contributed by atoms with Crippen LogP contribution >= 0.6 is 0 Å². The number of benzene rings is 2. The Morgan fingerprint density at radius 1 is 0.812 bits per heavy atom. The molecule has 2 aromatic carbocycles. The van der Waals surface area contributed by atoms with Gasteiger partial charge in [-0.25, -0.2) is 0 Å². The fourth-order valence-corrected chi connectivity index (χ4v) is 1.82. The molecule has 0 aliphatic carbocycles. The summed E-state index contributed by atoms with van der Waals surface area (Å²) in [6.07, 6.45) is 2.08. The summed E-state index contributed by atoms with van der Waals surface area (Å²) in [5, 5.41) is 9.05. The van der Waals surface area contributed by atoms with E-state index in [1.807, 2.05) is 18.2 Å². The van der Waals surface area contributed by atoms with Crippen LogP contribution in [0.25, 0.3) is 0 Å². The lowest BCUT2D eigenvalue weighted by Crippen LogP contribution is -2.13. The lowest BCUT2D eigenvalue weighted by atomic mass is 9.87. The summed E-state index contributed by atoms with van der Waals surface area (Å²) in [5.41, 5.74) is 3.64. The highest BCUT2D eigenvalue weighted by atomic mass is 16.2. The summed E-state index contributed by atoms with van der Waals surface area (Å²) in [7, 11) is 0.124. The van der Waals surface area contributed by atoms with Crippen LogP contribution < -0.4 is 5.46 Å². The summed E-state index contributed by atoms with van der Waals surface area (Å²) >= 11 is 0. The molecule has 0 heterocycles. The fraction of sp³-hybridized carbons (Fsp3) is 0.143.